The van der Waals surface area contributed by atoms with Gasteiger partial charge in [0.25, 0.3) is 5.72 Å². The van der Waals surface area contributed by atoms with Crippen LogP contribution in [-0.2, 0) is 28.1 Å². The number of benzene rings is 2. The lowest BCUT2D eigenvalue weighted by Gasteiger charge is -2.51. The van der Waals surface area contributed by atoms with E-state index >= 15 is 0 Å². The van der Waals surface area contributed by atoms with E-state index in [1.54, 1.807) is 12.1 Å². The highest BCUT2D eigenvalue weighted by Gasteiger charge is 2.56. The zero-order chi connectivity index (χ0) is 24.5. The number of oxime groups is 1. The molecule has 1 spiro atoms. The van der Waals surface area contributed by atoms with Crippen molar-refractivity contribution in [1.82, 2.24) is 14.5 Å². The molecule has 0 radical (unpaired) electrons. The van der Waals surface area contributed by atoms with Crippen LogP contribution in [0.3, 0.4) is 0 Å². The normalized spacial score (nSPS) is 24.6. The molecule has 0 bridgehead atoms. The number of aliphatic hydroxyl groups is 1. The Morgan fingerprint density at radius 2 is 1.92 bits per heavy atom. The maximum Gasteiger partial charge on any atom is 0.260 e. The average Bonchev–Trinajstić information content (AvgIpc) is 3.43. The van der Waals surface area contributed by atoms with Gasteiger partial charge in [-0.3, -0.25) is 0 Å². The molecule has 1 atom stereocenters. The summed E-state index contributed by atoms with van der Waals surface area (Å²) in [6, 6.07) is 10.4. The van der Waals surface area contributed by atoms with Crippen molar-refractivity contribution in [2.75, 3.05) is 26.4 Å². The Labute approximate surface area is 208 Å². The molecule has 2 aromatic carbocycles. The number of amidine groups is 1. The molecule has 1 unspecified atom stereocenters. The van der Waals surface area contributed by atoms with Gasteiger partial charge in [0, 0.05) is 29.4 Å². The second-order valence-corrected chi connectivity index (χ2v) is 10.4. The number of aliphatic hydroxyl groups excluding tert-OH is 1. The summed E-state index contributed by atoms with van der Waals surface area (Å²) in [6.07, 6.45) is 9.06. The van der Waals surface area contributed by atoms with Crippen molar-refractivity contribution in [3.63, 3.8) is 0 Å². The second-order valence-electron chi connectivity index (χ2n) is 10.4. The molecule has 0 saturated carbocycles. The number of hydrogen-bond donors (Lipinski definition) is 1. The van der Waals surface area contributed by atoms with Gasteiger partial charge in [-0.25, -0.2) is 9.37 Å². The van der Waals surface area contributed by atoms with Gasteiger partial charge in [-0.1, -0.05) is 11.2 Å². The summed E-state index contributed by atoms with van der Waals surface area (Å²) in [4.78, 5) is 12.4. The summed E-state index contributed by atoms with van der Waals surface area (Å²) >= 11 is 0. The summed E-state index contributed by atoms with van der Waals surface area (Å²) in [5.41, 5.74) is 6.58. The molecule has 7 rings (SSSR count). The number of aryl methyl sites for hydroxylation is 1. The van der Waals surface area contributed by atoms with Gasteiger partial charge in [-0.2, -0.15) is 0 Å². The number of imidazole rings is 1. The third kappa shape index (κ3) is 3.10. The molecular weight excluding hydrogens is 459 g/mol. The van der Waals surface area contributed by atoms with Gasteiger partial charge in [0.15, 0.2) is 5.84 Å². The monoisotopic (exact) mass is 486 g/mol. The average molecular weight is 487 g/mol. The first kappa shape index (κ1) is 21.8. The lowest BCUT2D eigenvalue weighted by molar-refractivity contribution is -0.178. The Hall–Kier alpha value is -3.49. The second kappa shape index (κ2) is 7.75. The molecule has 2 fully saturated rings. The minimum Gasteiger partial charge on any atom is -0.390 e. The Bertz CT molecular complexity index is 1420. The first-order chi connectivity index (χ1) is 17.5. The Morgan fingerprint density at radius 3 is 2.56 bits per heavy atom. The summed E-state index contributed by atoms with van der Waals surface area (Å²) in [5, 5.41) is 15.0. The van der Waals surface area contributed by atoms with E-state index in [1.807, 2.05) is 18.2 Å². The van der Waals surface area contributed by atoms with Crippen molar-refractivity contribution in [3.8, 4) is 5.69 Å². The van der Waals surface area contributed by atoms with Crippen molar-refractivity contribution in [2.45, 2.75) is 31.9 Å². The first-order valence-electron chi connectivity index (χ1n) is 12.4. The maximum atomic E-state index is 13.7. The molecule has 4 heterocycles. The number of halogens is 1. The Morgan fingerprint density at radius 1 is 1.11 bits per heavy atom. The van der Waals surface area contributed by atoms with Crippen molar-refractivity contribution >= 4 is 11.9 Å². The SMILES string of the molecule is Cc1cn(-c2ccc(/C=C3\CC4(COC4)CN4C3=NOC4(CO)c3ccc(F)cc3)c3c2CC3)cn1. The van der Waals surface area contributed by atoms with E-state index in [0.29, 0.717) is 25.3 Å². The number of fused-ring (bicyclic) bond motifs is 2. The lowest BCUT2D eigenvalue weighted by Crippen LogP contribution is -2.61. The zero-order valence-electron chi connectivity index (χ0n) is 20.1. The zero-order valence-corrected chi connectivity index (χ0v) is 20.1. The van der Waals surface area contributed by atoms with Crippen LogP contribution in [0.5, 0.6) is 0 Å². The van der Waals surface area contributed by atoms with Gasteiger partial charge >= 0.3 is 0 Å². The summed E-state index contributed by atoms with van der Waals surface area (Å²) in [7, 11) is 0. The molecule has 2 saturated heterocycles. The van der Waals surface area contributed by atoms with Gasteiger partial charge in [-0.15, -0.1) is 0 Å². The van der Waals surface area contributed by atoms with E-state index in [9.17, 15) is 9.50 Å². The molecule has 3 aliphatic heterocycles. The molecule has 1 aliphatic carbocycles. The van der Waals surface area contributed by atoms with Crippen LogP contribution in [0, 0.1) is 18.2 Å². The fourth-order valence-corrected chi connectivity index (χ4v) is 5.99. The topological polar surface area (TPSA) is 72.1 Å². The molecule has 36 heavy (non-hydrogen) atoms. The number of hydrogen-bond acceptors (Lipinski definition) is 6. The minimum absolute atomic E-state index is 0.0691. The predicted molar refractivity (Wildman–Crippen MR) is 132 cm³/mol. The standard InChI is InChI=1S/C28H27FN4O3/c1-18-12-32(17-30-18)25-9-2-19(23-7-8-24(23)25)10-20-11-27(15-35-16-27)13-33-26(20)31-36-28(33,14-34)21-3-5-22(29)6-4-21/h2-6,9-10,12,17,34H,7-8,11,13-16H2,1H3/b20-10+. The highest BCUT2D eigenvalue weighted by Crippen LogP contribution is 2.48. The fourth-order valence-electron chi connectivity index (χ4n) is 5.99. The van der Waals surface area contributed by atoms with Crippen molar-refractivity contribution in [3.05, 3.63) is 88.3 Å². The van der Waals surface area contributed by atoms with Gasteiger partial charge < -0.3 is 24.1 Å². The van der Waals surface area contributed by atoms with Crippen LogP contribution < -0.4 is 0 Å². The lowest BCUT2D eigenvalue weighted by atomic mass is 9.74. The quantitative estimate of drug-likeness (QED) is 0.609. The number of rotatable bonds is 4. The molecule has 0 amide bonds. The smallest absolute Gasteiger partial charge is 0.260 e. The maximum absolute atomic E-state index is 13.7. The summed E-state index contributed by atoms with van der Waals surface area (Å²) < 4.78 is 21.4. The Balaban J connectivity index is 1.29. The van der Waals surface area contributed by atoms with E-state index in [2.05, 4.69) is 39.1 Å². The number of nitrogens with zero attached hydrogens (tertiary/aromatic N) is 4. The highest BCUT2D eigenvalue weighted by atomic mass is 19.1. The third-order valence-electron chi connectivity index (χ3n) is 8.03. The number of ether oxygens (including phenoxy) is 1. The van der Waals surface area contributed by atoms with Crippen molar-refractivity contribution < 1.29 is 19.1 Å². The van der Waals surface area contributed by atoms with Crippen LogP contribution in [0.15, 0.2) is 59.7 Å². The Kier molecular flexibility index (Phi) is 4.69. The highest BCUT2D eigenvalue weighted by molar-refractivity contribution is 6.04. The largest absolute Gasteiger partial charge is 0.390 e. The first-order valence-corrected chi connectivity index (χ1v) is 12.4. The summed E-state index contributed by atoms with van der Waals surface area (Å²) in [5.74, 6) is 0.398. The molecular formula is C28H27FN4O3. The fraction of sp³-hybridized carbons (Fsp3) is 0.357. The van der Waals surface area contributed by atoms with Crippen LogP contribution in [-0.4, -0.2) is 51.8 Å². The van der Waals surface area contributed by atoms with Gasteiger partial charge in [-0.05, 0) is 84.9 Å². The minimum atomic E-state index is -1.18. The molecule has 7 nitrogen and oxygen atoms in total. The predicted octanol–water partition coefficient (Wildman–Crippen LogP) is 3.71. The van der Waals surface area contributed by atoms with Crippen LogP contribution in [0.25, 0.3) is 11.8 Å². The van der Waals surface area contributed by atoms with Crippen molar-refractivity contribution in [2.24, 2.45) is 10.6 Å². The van der Waals surface area contributed by atoms with Gasteiger partial charge in [0.05, 0.1) is 25.2 Å². The molecule has 184 valence electrons. The molecule has 1 aromatic heterocycles. The van der Waals surface area contributed by atoms with Crippen molar-refractivity contribution in [1.29, 1.82) is 0 Å². The van der Waals surface area contributed by atoms with Crippen LogP contribution in [0.2, 0.25) is 0 Å². The third-order valence-corrected chi connectivity index (χ3v) is 8.03. The van der Waals surface area contributed by atoms with Gasteiger partial charge in [0.1, 0.15) is 12.4 Å². The number of piperidine rings is 1. The van der Waals surface area contributed by atoms with Crippen LogP contribution in [0.1, 0.15) is 34.4 Å². The molecule has 4 aliphatic rings. The van der Waals surface area contributed by atoms with E-state index in [-0.39, 0.29) is 17.8 Å². The number of aromatic nitrogens is 2. The molecule has 3 aromatic rings. The van der Waals surface area contributed by atoms with E-state index < -0.39 is 5.72 Å². The van der Waals surface area contributed by atoms with Gasteiger partial charge in [0.2, 0.25) is 0 Å². The molecule has 1 N–H and O–H groups in total. The van der Waals surface area contributed by atoms with Crippen LogP contribution in [0.4, 0.5) is 4.39 Å². The summed E-state index contributed by atoms with van der Waals surface area (Å²) in [6.45, 7) is 3.65. The van der Waals surface area contributed by atoms with E-state index in [0.717, 1.165) is 36.4 Å². The van der Waals surface area contributed by atoms with E-state index in [4.69, 9.17) is 9.57 Å². The molecule has 8 heteroatoms. The van der Waals surface area contributed by atoms with E-state index in [1.165, 1.54) is 34.5 Å². The van der Waals surface area contributed by atoms with Crippen LogP contribution >= 0.6 is 0 Å².